The van der Waals surface area contributed by atoms with E-state index < -0.39 is 17.8 Å². The molecule has 0 aliphatic carbocycles. The van der Waals surface area contributed by atoms with E-state index in [0.717, 1.165) is 19.4 Å². The number of carboxylic acid groups (broad SMARTS) is 1. The van der Waals surface area contributed by atoms with Crippen molar-refractivity contribution >= 4 is 11.9 Å². The average molecular weight is 320 g/mol. The van der Waals surface area contributed by atoms with Gasteiger partial charge in [-0.25, -0.2) is 4.39 Å². The normalized spacial score (nSPS) is 24.1. The Labute approximate surface area is 134 Å². The molecule has 5 nitrogen and oxygen atoms in total. The van der Waals surface area contributed by atoms with Crippen LogP contribution in [0.4, 0.5) is 4.39 Å². The van der Waals surface area contributed by atoms with Gasteiger partial charge in [0.05, 0.1) is 5.56 Å². The van der Waals surface area contributed by atoms with Crippen LogP contribution in [-0.2, 0) is 4.79 Å². The number of halogens is 1. The van der Waals surface area contributed by atoms with E-state index in [-0.39, 0.29) is 16.9 Å². The Kier molecular flexibility index (Phi) is 4.10. The van der Waals surface area contributed by atoms with Gasteiger partial charge in [0.1, 0.15) is 11.9 Å². The maximum absolute atomic E-state index is 13.8. The Hall–Kier alpha value is -1.95. The number of hydrogen-bond acceptors (Lipinski definition) is 3. The zero-order chi connectivity index (χ0) is 16.6. The van der Waals surface area contributed by atoms with Crippen LogP contribution in [0.2, 0.25) is 0 Å². The van der Waals surface area contributed by atoms with Crippen molar-refractivity contribution in [3.63, 3.8) is 0 Å². The number of nitrogens with zero attached hydrogens (tertiary/aromatic N) is 2. The van der Waals surface area contributed by atoms with E-state index in [1.807, 2.05) is 11.9 Å². The van der Waals surface area contributed by atoms with Gasteiger partial charge in [-0.1, -0.05) is 12.1 Å². The number of aliphatic carboxylic acids is 1. The molecular formula is C17H21FN2O3. The molecule has 1 atom stereocenters. The van der Waals surface area contributed by atoms with Crippen LogP contribution in [0, 0.1) is 11.2 Å². The molecule has 0 bridgehead atoms. The average Bonchev–Trinajstić information content (AvgIpc) is 2.84. The Balaban J connectivity index is 1.66. The van der Waals surface area contributed by atoms with E-state index in [2.05, 4.69) is 0 Å². The second kappa shape index (κ2) is 5.92. The highest BCUT2D eigenvalue weighted by Crippen LogP contribution is 2.43. The molecule has 2 heterocycles. The number of benzene rings is 1. The van der Waals surface area contributed by atoms with Crippen LogP contribution < -0.4 is 0 Å². The van der Waals surface area contributed by atoms with Gasteiger partial charge < -0.3 is 10.0 Å². The van der Waals surface area contributed by atoms with Gasteiger partial charge in [-0.05, 0) is 43.9 Å². The molecule has 0 saturated carbocycles. The molecule has 1 aromatic carbocycles. The highest BCUT2D eigenvalue weighted by Gasteiger charge is 2.47. The molecular weight excluding hydrogens is 299 g/mol. The Morgan fingerprint density at radius 3 is 2.48 bits per heavy atom. The first-order valence-electron chi connectivity index (χ1n) is 7.89. The lowest BCUT2D eigenvalue weighted by Crippen LogP contribution is -2.44. The molecule has 1 N–H and O–H groups in total. The van der Waals surface area contributed by atoms with Crippen molar-refractivity contribution in [3.05, 3.63) is 35.6 Å². The van der Waals surface area contributed by atoms with E-state index in [1.54, 1.807) is 17.0 Å². The lowest BCUT2D eigenvalue weighted by atomic mass is 9.76. The Bertz CT molecular complexity index is 626. The van der Waals surface area contributed by atoms with Crippen LogP contribution in [0.1, 0.15) is 29.6 Å². The molecule has 1 amide bonds. The molecule has 2 aliphatic heterocycles. The maximum atomic E-state index is 13.8. The molecule has 2 aliphatic rings. The fourth-order valence-electron chi connectivity index (χ4n) is 3.90. The minimum Gasteiger partial charge on any atom is -0.480 e. The summed E-state index contributed by atoms with van der Waals surface area (Å²) in [4.78, 5) is 27.3. The molecule has 1 aromatic rings. The fourth-order valence-corrected chi connectivity index (χ4v) is 3.90. The fraction of sp³-hybridized carbons (Fsp3) is 0.529. The summed E-state index contributed by atoms with van der Waals surface area (Å²) in [7, 11) is 1.84. The van der Waals surface area contributed by atoms with Crippen LogP contribution in [0.15, 0.2) is 24.3 Å². The summed E-state index contributed by atoms with van der Waals surface area (Å²) in [5.41, 5.74) is 0.0690. The number of likely N-dealkylation sites (tertiary alicyclic amines) is 2. The van der Waals surface area contributed by atoms with Crippen LogP contribution in [0.5, 0.6) is 0 Å². The van der Waals surface area contributed by atoms with Gasteiger partial charge in [-0.2, -0.15) is 0 Å². The SMILES string of the molecule is CN1CC2(CCN(C(=O)c3ccccc3F)CC2)C[C@@H]1C(=O)O. The van der Waals surface area contributed by atoms with Crippen molar-refractivity contribution in [2.24, 2.45) is 5.41 Å². The lowest BCUT2D eigenvalue weighted by Gasteiger charge is -2.39. The minimum absolute atomic E-state index is 0.0379. The third-order valence-electron chi connectivity index (χ3n) is 5.24. The standard InChI is InChI=1S/C17H21FN2O3/c1-19-11-17(10-14(19)16(22)23)6-8-20(9-7-17)15(21)12-4-2-3-5-13(12)18/h2-5,14H,6-11H2,1H3,(H,22,23)/t14-/m1/s1. The number of rotatable bonds is 2. The molecule has 0 aromatic heterocycles. The number of carbonyl (C=O) groups is 2. The first-order chi connectivity index (χ1) is 10.9. The van der Waals surface area contributed by atoms with Gasteiger partial charge in [0.15, 0.2) is 0 Å². The molecule has 3 rings (SSSR count). The van der Waals surface area contributed by atoms with Crippen molar-refractivity contribution in [3.8, 4) is 0 Å². The second-order valence-corrected chi connectivity index (χ2v) is 6.75. The van der Waals surface area contributed by atoms with Crippen LogP contribution >= 0.6 is 0 Å². The monoisotopic (exact) mass is 320 g/mol. The largest absolute Gasteiger partial charge is 0.480 e. The van der Waals surface area contributed by atoms with E-state index in [0.29, 0.717) is 19.5 Å². The molecule has 2 fully saturated rings. The molecule has 1 spiro atoms. The van der Waals surface area contributed by atoms with Gasteiger partial charge in [-0.15, -0.1) is 0 Å². The Morgan fingerprint density at radius 2 is 1.91 bits per heavy atom. The van der Waals surface area contributed by atoms with Gasteiger partial charge >= 0.3 is 5.97 Å². The smallest absolute Gasteiger partial charge is 0.320 e. The topological polar surface area (TPSA) is 60.9 Å². The van der Waals surface area contributed by atoms with Gasteiger partial charge in [-0.3, -0.25) is 14.5 Å². The number of hydrogen-bond donors (Lipinski definition) is 1. The number of carboxylic acids is 1. The third kappa shape index (κ3) is 2.95. The number of amides is 1. The molecule has 0 radical (unpaired) electrons. The predicted octanol–water partition coefficient (Wildman–Crippen LogP) is 1.84. The van der Waals surface area contributed by atoms with Crippen LogP contribution in [-0.4, -0.2) is 59.5 Å². The van der Waals surface area contributed by atoms with Gasteiger partial charge in [0.25, 0.3) is 5.91 Å². The first-order valence-corrected chi connectivity index (χ1v) is 7.89. The Morgan fingerprint density at radius 1 is 1.26 bits per heavy atom. The summed E-state index contributed by atoms with van der Waals surface area (Å²) in [5, 5.41) is 9.27. The van der Waals surface area contributed by atoms with Gasteiger partial charge in [0.2, 0.25) is 0 Å². The van der Waals surface area contributed by atoms with Crippen molar-refractivity contribution in [1.82, 2.24) is 9.80 Å². The molecule has 0 unspecified atom stereocenters. The second-order valence-electron chi connectivity index (χ2n) is 6.75. The first kappa shape index (κ1) is 15.9. The van der Waals surface area contributed by atoms with Crippen molar-refractivity contribution in [2.75, 3.05) is 26.7 Å². The molecule has 6 heteroatoms. The summed E-state index contributed by atoms with van der Waals surface area (Å²) in [5.74, 6) is -1.56. The predicted molar refractivity (Wildman–Crippen MR) is 82.6 cm³/mol. The summed E-state index contributed by atoms with van der Waals surface area (Å²) in [6.07, 6.45) is 2.16. The van der Waals surface area contributed by atoms with E-state index >= 15 is 0 Å². The lowest BCUT2D eigenvalue weighted by molar-refractivity contribution is -0.141. The zero-order valence-electron chi connectivity index (χ0n) is 13.2. The quantitative estimate of drug-likeness (QED) is 0.903. The summed E-state index contributed by atoms with van der Waals surface area (Å²) in [6, 6.07) is 5.58. The zero-order valence-corrected chi connectivity index (χ0v) is 13.2. The van der Waals surface area contributed by atoms with E-state index in [4.69, 9.17) is 0 Å². The molecule has 23 heavy (non-hydrogen) atoms. The van der Waals surface area contributed by atoms with Crippen LogP contribution in [0.3, 0.4) is 0 Å². The maximum Gasteiger partial charge on any atom is 0.320 e. The van der Waals surface area contributed by atoms with Gasteiger partial charge in [0, 0.05) is 19.6 Å². The number of likely N-dealkylation sites (N-methyl/N-ethyl adjacent to an activating group) is 1. The van der Waals surface area contributed by atoms with Crippen LogP contribution in [0.25, 0.3) is 0 Å². The van der Waals surface area contributed by atoms with Crippen molar-refractivity contribution < 1.29 is 19.1 Å². The third-order valence-corrected chi connectivity index (χ3v) is 5.24. The summed E-state index contributed by atoms with van der Waals surface area (Å²) in [6.45, 7) is 1.84. The molecule has 2 saturated heterocycles. The number of carbonyl (C=O) groups excluding carboxylic acids is 1. The highest BCUT2D eigenvalue weighted by molar-refractivity contribution is 5.94. The van der Waals surface area contributed by atoms with Crippen molar-refractivity contribution in [2.45, 2.75) is 25.3 Å². The minimum atomic E-state index is -0.783. The van der Waals surface area contributed by atoms with E-state index in [9.17, 15) is 19.1 Å². The van der Waals surface area contributed by atoms with E-state index in [1.165, 1.54) is 12.1 Å². The number of piperidine rings is 1. The highest BCUT2D eigenvalue weighted by atomic mass is 19.1. The van der Waals surface area contributed by atoms with Crippen molar-refractivity contribution in [1.29, 1.82) is 0 Å². The molecule has 124 valence electrons. The summed E-state index contributed by atoms with van der Waals surface area (Å²) >= 11 is 0. The summed E-state index contributed by atoms with van der Waals surface area (Å²) < 4.78 is 13.8.